The highest BCUT2D eigenvalue weighted by molar-refractivity contribution is 9.10. The fourth-order valence-corrected chi connectivity index (χ4v) is 3.28. The Bertz CT molecular complexity index is 484. The topological polar surface area (TPSA) is 32.3 Å². The summed E-state index contributed by atoms with van der Waals surface area (Å²) in [4.78, 5) is 14.9. The van der Waals surface area contributed by atoms with E-state index < -0.39 is 0 Å². The SMILES string of the molecule is CCCN(CC1CCNCC1)C(=O)c1cc(Br)ccc1C. The Morgan fingerprint density at radius 2 is 2.10 bits per heavy atom. The quantitative estimate of drug-likeness (QED) is 0.877. The highest BCUT2D eigenvalue weighted by Crippen LogP contribution is 2.20. The lowest BCUT2D eigenvalue weighted by atomic mass is 9.97. The number of nitrogens with zero attached hydrogens (tertiary/aromatic N) is 1. The van der Waals surface area contributed by atoms with Crippen LogP contribution in [0.3, 0.4) is 0 Å². The van der Waals surface area contributed by atoms with Gasteiger partial charge in [0.1, 0.15) is 0 Å². The summed E-state index contributed by atoms with van der Waals surface area (Å²) in [7, 11) is 0. The smallest absolute Gasteiger partial charge is 0.254 e. The van der Waals surface area contributed by atoms with Crippen LogP contribution in [0.25, 0.3) is 0 Å². The fraction of sp³-hybridized carbons (Fsp3) is 0.588. The lowest BCUT2D eigenvalue weighted by molar-refractivity contribution is 0.0715. The third kappa shape index (κ3) is 4.55. The molecule has 1 N–H and O–H groups in total. The molecular weight excluding hydrogens is 328 g/mol. The maximum absolute atomic E-state index is 12.9. The number of hydrogen-bond acceptors (Lipinski definition) is 2. The molecule has 0 spiro atoms. The molecule has 1 aromatic carbocycles. The predicted octanol–water partition coefficient (Wildman–Crippen LogP) is 3.61. The van der Waals surface area contributed by atoms with E-state index in [-0.39, 0.29) is 5.91 Å². The second-order valence-corrected chi connectivity index (χ2v) is 6.82. The third-order valence-electron chi connectivity index (χ3n) is 4.15. The number of aryl methyl sites for hydroxylation is 1. The minimum absolute atomic E-state index is 0.175. The Balaban J connectivity index is 2.12. The highest BCUT2D eigenvalue weighted by Gasteiger charge is 2.22. The Morgan fingerprint density at radius 1 is 1.38 bits per heavy atom. The number of halogens is 1. The van der Waals surface area contributed by atoms with Crippen molar-refractivity contribution in [2.45, 2.75) is 33.1 Å². The first-order valence-electron chi connectivity index (χ1n) is 7.88. The monoisotopic (exact) mass is 352 g/mol. The normalized spacial score (nSPS) is 16.0. The molecule has 0 atom stereocenters. The molecule has 2 rings (SSSR count). The van der Waals surface area contributed by atoms with Gasteiger partial charge in [0.05, 0.1) is 0 Å². The van der Waals surface area contributed by atoms with Crippen molar-refractivity contribution in [2.75, 3.05) is 26.2 Å². The number of amides is 1. The molecule has 1 aliphatic heterocycles. The molecule has 0 bridgehead atoms. The lowest BCUT2D eigenvalue weighted by Gasteiger charge is -2.30. The number of carbonyl (C=O) groups excluding carboxylic acids is 1. The van der Waals surface area contributed by atoms with E-state index in [9.17, 15) is 4.79 Å². The Morgan fingerprint density at radius 3 is 2.76 bits per heavy atom. The van der Waals surface area contributed by atoms with Crippen LogP contribution in [0, 0.1) is 12.8 Å². The molecule has 1 aromatic rings. The minimum atomic E-state index is 0.175. The van der Waals surface area contributed by atoms with E-state index in [1.165, 1.54) is 12.8 Å². The number of nitrogens with one attached hydrogen (secondary N) is 1. The van der Waals surface area contributed by atoms with Crippen molar-refractivity contribution in [3.8, 4) is 0 Å². The first-order chi connectivity index (χ1) is 10.1. The van der Waals surface area contributed by atoms with Crippen molar-refractivity contribution in [2.24, 2.45) is 5.92 Å². The highest BCUT2D eigenvalue weighted by atomic mass is 79.9. The van der Waals surface area contributed by atoms with Crippen molar-refractivity contribution >= 4 is 21.8 Å². The summed E-state index contributed by atoms with van der Waals surface area (Å²) in [6.07, 6.45) is 3.35. The number of rotatable bonds is 5. The standard InChI is InChI=1S/C17H25BrN2O/c1-3-10-20(12-14-6-8-19-9-7-14)17(21)16-11-15(18)5-4-13(16)2/h4-5,11,14,19H,3,6-10,12H2,1-2H3. The Labute approximate surface area is 136 Å². The molecule has 0 unspecified atom stereocenters. The van der Waals surface area contributed by atoms with Gasteiger partial charge in [-0.15, -0.1) is 0 Å². The number of carbonyl (C=O) groups is 1. The van der Waals surface area contributed by atoms with Crippen molar-refractivity contribution in [3.05, 3.63) is 33.8 Å². The third-order valence-corrected chi connectivity index (χ3v) is 4.64. The van der Waals surface area contributed by atoms with Crippen LogP contribution in [-0.4, -0.2) is 37.0 Å². The van der Waals surface area contributed by atoms with Crippen molar-refractivity contribution in [1.29, 1.82) is 0 Å². The summed E-state index contributed by atoms with van der Waals surface area (Å²) >= 11 is 3.47. The van der Waals surface area contributed by atoms with Crippen LogP contribution in [0.2, 0.25) is 0 Å². The Kier molecular flexibility index (Phi) is 6.24. The van der Waals surface area contributed by atoms with Gasteiger partial charge in [-0.1, -0.05) is 28.9 Å². The number of benzene rings is 1. The summed E-state index contributed by atoms with van der Waals surface area (Å²) in [5.74, 6) is 0.809. The number of piperidine rings is 1. The molecule has 1 fully saturated rings. The van der Waals surface area contributed by atoms with Gasteiger partial charge in [0.2, 0.25) is 0 Å². The molecule has 0 aliphatic carbocycles. The van der Waals surface area contributed by atoms with E-state index in [0.29, 0.717) is 5.92 Å². The minimum Gasteiger partial charge on any atom is -0.338 e. The summed E-state index contributed by atoms with van der Waals surface area (Å²) in [5.41, 5.74) is 1.88. The van der Waals surface area contributed by atoms with E-state index in [2.05, 4.69) is 28.2 Å². The number of hydrogen-bond donors (Lipinski definition) is 1. The van der Waals surface area contributed by atoms with Gasteiger partial charge in [0, 0.05) is 23.1 Å². The molecule has 0 radical (unpaired) electrons. The molecule has 1 amide bonds. The summed E-state index contributed by atoms with van der Waals surface area (Å²) in [6.45, 7) is 8.03. The molecule has 116 valence electrons. The van der Waals surface area contributed by atoms with E-state index >= 15 is 0 Å². The van der Waals surface area contributed by atoms with E-state index in [1.54, 1.807) is 0 Å². The van der Waals surface area contributed by atoms with Gasteiger partial charge in [-0.25, -0.2) is 0 Å². The van der Waals surface area contributed by atoms with Crippen LogP contribution in [0.4, 0.5) is 0 Å². The van der Waals surface area contributed by atoms with Crippen molar-refractivity contribution in [1.82, 2.24) is 10.2 Å². The van der Waals surface area contributed by atoms with Crippen LogP contribution in [0.1, 0.15) is 42.1 Å². The summed E-state index contributed by atoms with van der Waals surface area (Å²) < 4.78 is 0.967. The maximum Gasteiger partial charge on any atom is 0.254 e. The van der Waals surface area contributed by atoms with E-state index in [4.69, 9.17) is 0 Å². The van der Waals surface area contributed by atoms with Gasteiger partial charge in [-0.2, -0.15) is 0 Å². The van der Waals surface area contributed by atoms with Crippen LogP contribution in [0.15, 0.2) is 22.7 Å². The average Bonchev–Trinajstić information content (AvgIpc) is 2.49. The molecule has 1 heterocycles. The largest absolute Gasteiger partial charge is 0.338 e. The van der Waals surface area contributed by atoms with Gasteiger partial charge in [0.15, 0.2) is 0 Å². The van der Waals surface area contributed by atoms with Gasteiger partial charge in [-0.3, -0.25) is 4.79 Å². The fourth-order valence-electron chi connectivity index (χ4n) is 2.92. The zero-order chi connectivity index (χ0) is 15.2. The predicted molar refractivity (Wildman–Crippen MR) is 90.7 cm³/mol. The van der Waals surface area contributed by atoms with E-state index in [1.807, 2.05) is 30.0 Å². The average molecular weight is 353 g/mol. The van der Waals surface area contributed by atoms with Gasteiger partial charge in [-0.05, 0) is 62.9 Å². The van der Waals surface area contributed by atoms with Crippen LogP contribution in [0.5, 0.6) is 0 Å². The zero-order valence-corrected chi connectivity index (χ0v) is 14.6. The molecular formula is C17H25BrN2O. The van der Waals surface area contributed by atoms with Gasteiger partial charge >= 0.3 is 0 Å². The first kappa shape index (κ1) is 16.5. The van der Waals surface area contributed by atoms with Crippen molar-refractivity contribution < 1.29 is 4.79 Å². The first-order valence-corrected chi connectivity index (χ1v) is 8.67. The molecule has 3 nitrogen and oxygen atoms in total. The lowest BCUT2D eigenvalue weighted by Crippen LogP contribution is -2.40. The van der Waals surface area contributed by atoms with E-state index in [0.717, 1.165) is 48.2 Å². The van der Waals surface area contributed by atoms with Crippen LogP contribution < -0.4 is 5.32 Å². The van der Waals surface area contributed by atoms with Crippen LogP contribution in [-0.2, 0) is 0 Å². The molecule has 1 saturated heterocycles. The second-order valence-electron chi connectivity index (χ2n) is 5.90. The molecule has 21 heavy (non-hydrogen) atoms. The summed E-state index contributed by atoms with van der Waals surface area (Å²) in [5, 5.41) is 3.39. The molecule has 1 aliphatic rings. The zero-order valence-electron chi connectivity index (χ0n) is 13.0. The van der Waals surface area contributed by atoms with Gasteiger partial charge < -0.3 is 10.2 Å². The second kappa shape index (κ2) is 7.95. The van der Waals surface area contributed by atoms with Crippen molar-refractivity contribution in [3.63, 3.8) is 0 Å². The summed E-state index contributed by atoms with van der Waals surface area (Å²) in [6, 6.07) is 5.94. The maximum atomic E-state index is 12.9. The van der Waals surface area contributed by atoms with Crippen LogP contribution >= 0.6 is 15.9 Å². The molecule has 4 heteroatoms. The molecule has 0 aromatic heterocycles. The van der Waals surface area contributed by atoms with Gasteiger partial charge in [0.25, 0.3) is 5.91 Å². The Hall–Kier alpha value is -0.870. The molecule has 0 saturated carbocycles.